The van der Waals surface area contributed by atoms with Crippen LogP contribution in [0.1, 0.15) is 15.9 Å². The fraction of sp³-hybridized carbons (Fsp3) is 0.227. The molecule has 8 nitrogen and oxygen atoms in total. The monoisotopic (exact) mass is 404 g/mol. The normalized spacial score (nSPS) is 15.9. The molecule has 8 heteroatoms. The van der Waals surface area contributed by atoms with E-state index in [1.807, 2.05) is 42.6 Å². The predicted molar refractivity (Wildman–Crippen MR) is 109 cm³/mol. The van der Waals surface area contributed by atoms with E-state index in [0.29, 0.717) is 43.2 Å². The number of hydrogen-bond acceptors (Lipinski definition) is 5. The minimum absolute atomic E-state index is 0.0563. The van der Waals surface area contributed by atoms with Crippen molar-refractivity contribution in [1.29, 1.82) is 0 Å². The maximum absolute atomic E-state index is 12.9. The Balaban J connectivity index is 1.20. The Morgan fingerprint density at radius 3 is 2.63 bits per heavy atom. The number of piperazine rings is 1. The molecular formula is C22H20N4O4. The minimum Gasteiger partial charge on any atom is -0.454 e. The number of amides is 2. The molecule has 152 valence electrons. The second kappa shape index (κ2) is 7.55. The average molecular weight is 404 g/mol. The van der Waals surface area contributed by atoms with E-state index in [2.05, 4.69) is 5.10 Å². The molecule has 1 fully saturated rings. The van der Waals surface area contributed by atoms with Gasteiger partial charge >= 0.3 is 0 Å². The van der Waals surface area contributed by atoms with Crippen molar-refractivity contribution < 1.29 is 19.1 Å². The highest BCUT2D eigenvalue weighted by Crippen LogP contribution is 2.32. The molecule has 2 aliphatic heterocycles. The highest BCUT2D eigenvalue weighted by Gasteiger charge is 2.25. The fourth-order valence-corrected chi connectivity index (χ4v) is 3.69. The van der Waals surface area contributed by atoms with E-state index >= 15 is 0 Å². The summed E-state index contributed by atoms with van der Waals surface area (Å²) in [5, 5.41) is 4.23. The third kappa shape index (κ3) is 3.36. The molecule has 0 N–H and O–H groups in total. The summed E-state index contributed by atoms with van der Waals surface area (Å²) in [5.41, 5.74) is 2.24. The summed E-state index contributed by atoms with van der Waals surface area (Å²) in [6.45, 7) is 2.20. The first-order valence-electron chi connectivity index (χ1n) is 9.77. The third-order valence-electron chi connectivity index (χ3n) is 5.35. The molecule has 30 heavy (non-hydrogen) atoms. The van der Waals surface area contributed by atoms with E-state index in [0.717, 1.165) is 11.1 Å². The van der Waals surface area contributed by atoms with Gasteiger partial charge < -0.3 is 19.3 Å². The zero-order valence-electron chi connectivity index (χ0n) is 16.2. The van der Waals surface area contributed by atoms with Crippen LogP contribution < -0.4 is 9.47 Å². The molecule has 1 saturated heterocycles. The lowest BCUT2D eigenvalue weighted by Gasteiger charge is -2.34. The van der Waals surface area contributed by atoms with Crippen LogP contribution in [0.15, 0.2) is 54.9 Å². The van der Waals surface area contributed by atoms with Crippen LogP contribution in [0, 0.1) is 0 Å². The van der Waals surface area contributed by atoms with Crippen molar-refractivity contribution in [2.75, 3.05) is 33.0 Å². The number of ether oxygens (including phenoxy) is 2. The summed E-state index contributed by atoms with van der Waals surface area (Å²) in [5.74, 6) is 1.27. The van der Waals surface area contributed by atoms with Crippen molar-refractivity contribution in [3.05, 3.63) is 66.0 Å². The van der Waals surface area contributed by atoms with Gasteiger partial charge in [-0.25, -0.2) is 4.52 Å². The molecule has 2 amide bonds. The van der Waals surface area contributed by atoms with E-state index in [4.69, 9.17) is 9.47 Å². The van der Waals surface area contributed by atoms with Crippen LogP contribution in [0.5, 0.6) is 11.5 Å². The highest BCUT2D eigenvalue weighted by atomic mass is 16.7. The van der Waals surface area contributed by atoms with Gasteiger partial charge in [0.05, 0.1) is 17.3 Å². The average Bonchev–Trinajstić information content (AvgIpc) is 3.43. The molecule has 2 aromatic heterocycles. The van der Waals surface area contributed by atoms with Crippen molar-refractivity contribution in [3.8, 4) is 11.5 Å². The lowest BCUT2D eigenvalue weighted by molar-refractivity contribution is -0.127. The summed E-state index contributed by atoms with van der Waals surface area (Å²) < 4.78 is 12.3. The summed E-state index contributed by atoms with van der Waals surface area (Å²) in [7, 11) is 0. The van der Waals surface area contributed by atoms with Gasteiger partial charge in [0.1, 0.15) is 0 Å². The maximum atomic E-state index is 12.9. The lowest BCUT2D eigenvalue weighted by atomic mass is 10.2. The quantitative estimate of drug-likeness (QED) is 0.625. The van der Waals surface area contributed by atoms with Crippen LogP contribution >= 0.6 is 0 Å². The molecular weight excluding hydrogens is 384 g/mol. The standard InChI is InChI=1S/C22H20N4O4/c27-21(7-5-16-4-6-19-20(13-16)30-15-29-19)24-9-11-25(12-10-24)22(28)17-14-23-26-8-2-1-3-18(17)26/h1-8,13-14H,9-12,15H2/b7-5+. The number of hydrogen-bond donors (Lipinski definition) is 0. The van der Waals surface area contributed by atoms with Gasteiger partial charge in [-0.15, -0.1) is 0 Å². The molecule has 1 aromatic carbocycles. The molecule has 4 heterocycles. The summed E-state index contributed by atoms with van der Waals surface area (Å²) in [6.07, 6.45) is 6.74. The van der Waals surface area contributed by atoms with Crippen molar-refractivity contribution in [1.82, 2.24) is 19.4 Å². The lowest BCUT2D eigenvalue weighted by Crippen LogP contribution is -2.50. The number of rotatable bonds is 3. The van der Waals surface area contributed by atoms with Crippen LogP contribution in [0.25, 0.3) is 11.6 Å². The van der Waals surface area contributed by atoms with Gasteiger partial charge in [-0.2, -0.15) is 5.10 Å². The minimum atomic E-state index is -0.0734. The molecule has 0 aliphatic carbocycles. The molecule has 5 rings (SSSR count). The van der Waals surface area contributed by atoms with E-state index in [9.17, 15) is 9.59 Å². The SMILES string of the molecule is O=C(/C=C/c1ccc2c(c1)OCO2)N1CCN(C(=O)c2cnn3ccccc23)CC1. The van der Waals surface area contributed by atoms with Gasteiger partial charge in [-0.05, 0) is 35.9 Å². The molecule has 2 aliphatic rings. The fourth-order valence-electron chi connectivity index (χ4n) is 3.69. The Labute approximate surface area is 172 Å². The first kappa shape index (κ1) is 18.2. The molecule has 0 atom stereocenters. The molecule has 0 bridgehead atoms. The highest BCUT2D eigenvalue weighted by molar-refractivity contribution is 6.00. The predicted octanol–water partition coefficient (Wildman–Crippen LogP) is 2.06. The summed E-state index contributed by atoms with van der Waals surface area (Å²) in [4.78, 5) is 29.0. The van der Waals surface area contributed by atoms with Crippen molar-refractivity contribution in [2.45, 2.75) is 0 Å². The van der Waals surface area contributed by atoms with Crippen LogP contribution in [-0.4, -0.2) is 64.2 Å². The molecule has 0 radical (unpaired) electrons. The number of carbonyl (C=O) groups is 2. The van der Waals surface area contributed by atoms with Crippen LogP contribution in [-0.2, 0) is 4.79 Å². The number of pyridine rings is 1. The van der Waals surface area contributed by atoms with Gasteiger partial charge in [-0.1, -0.05) is 12.1 Å². The van der Waals surface area contributed by atoms with Crippen LogP contribution in [0.3, 0.4) is 0 Å². The van der Waals surface area contributed by atoms with Gasteiger partial charge in [0.2, 0.25) is 12.7 Å². The zero-order valence-corrected chi connectivity index (χ0v) is 16.2. The zero-order chi connectivity index (χ0) is 20.5. The Bertz CT molecular complexity index is 1140. The Hall–Kier alpha value is -3.81. The van der Waals surface area contributed by atoms with E-state index < -0.39 is 0 Å². The number of nitrogens with zero attached hydrogens (tertiary/aromatic N) is 4. The number of aromatic nitrogens is 2. The largest absolute Gasteiger partial charge is 0.454 e. The smallest absolute Gasteiger partial charge is 0.257 e. The molecule has 0 unspecified atom stereocenters. The number of carbonyl (C=O) groups excluding carboxylic acids is 2. The Morgan fingerprint density at radius 1 is 0.967 bits per heavy atom. The van der Waals surface area contributed by atoms with Gasteiger partial charge in [0.25, 0.3) is 5.91 Å². The molecule has 3 aromatic rings. The molecule has 0 saturated carbocycles. The Kier molecular flexibility index (Phi) is 4.59. The third-order valence-corrected chi connectivity index (χ3v) is 5.35. The van der Waals surface area contributed by atoms with E-state index in [-0.39, 0.29) is 18.6 Å². The second-order valence-electron chi connectivity index (χ2n) is 7.15. The maximum Gasteiger partial charge on any atom is 0.257 e. The Morgan fingerprint density at radius 2 is 1.77 bits per heavy atom. The van der Waals surface area contributed by atoms with E-state index in [1.165, 1.54) is 0 Å². The van der Waals surface area contributed by atoms with Crippen molar-refractivity contribution >= 4 is 23.4 Å². The van der Waals surface area contributed by atoms with Gasteiger partial charge in [0.15, 0.2) is 11.5 Å². The van der Waals surface area contributed by atoms with Crippen LogP contribution in [0.2, 0.25) is 0 Å². The number of benzene rings is 1. The number of fused-ring (bicyclic) bond motifs is 2. The molecule has 0 spiro atoms. The first-order valence-corrected chi connectivity index (χ1v) is 9.77. The second-order valence-corrected chi connectivity index (χ2v) is 7.15. The van der Waals surface area contributed by atoms with Crippen molar-refractivity contribution in [3.63, 3.8) is 0 Å². The van der Waals surface area contributed by atoms with Crippen LogP contribution in [0.4, 0.5) is 0 Å². The van der Waals surface area contributed by atoms with Gasteiger partial charge in [0, 0.05) is 38.5 Å². The van der Waals surface area contributed by atoms with Gasteiger partial charge in [-0.3, -0.25) is 9.59 Å². The first-order chi connectivity index (χ1) is 14.7. The van der Waals surface area contributed by atoms with E-state index in [1.54, 1.807) is 32.7 Å². The summed E-state index contributed by atoms with van der Waals surface area (Å²) >= 11 is 0. The van der Waals surface area contributed by atoms with Crippen molar-refractivity contribution in [2.24, 2.45) is 0 Å². The topological polar surface area (TPSA) is 76.4 Å². The summed E-state index contributed by atoms with van der Waals surface area (Å²) in [6, 6.07) is 11.2.